The average molecular weight is 311 g/mol. The molecule has 0 aliphatic rings. The zero-order chi connectivity index (χ0) is 11.4. The minimum atomic E-state index is -0.820. The van der Waals surface area contributed by atoms with Gasteiger partial charge in [-0.15, -0.1) is 0 Å². The Bertz CT molecular complexity index is 161. The normalized spacial score (nSPS) is 10.7. The SMILES string of the molecule is C.C.C.C.CC[Si](C)(CC)C[Si](C)(C)C[SiH](C)C. The molecule has 0 unspecified atom stereocenters. The van der Waals surface area contributed by atoms with Gasteiger partial charge < -0.3 is 0 Å². The van der Waals surface area contributed by atoms with E-state index in [-0.39, 0.29) is 38.5 Å². The van der Waals surface area contributed by atoms with Crippen LogP contribution >= 0.6 is 0 Å². The molecule has 0 nitrogen and oxygen atoms in total. The second kappa shape index (κ2) is 12.7. The Hall–Kier alpha value is 0.651. The summed E-state index contributed by atoms with van der Waals surface area (Å²) in [7, 11) is -1.96. The molecule has 118 valence electrons. The quantitative estimate of drug-likeness (QED) is 0.467. The van der Waals surface area contributed by atoms with E-state index in [2.05, 4.69) is 46.6 Å². The molecule has 0 fully saturated rings. The Morgan fingerprint density at radius 2 is 1.11 bits per heavy atom. The van der Waals surface area contributed by atoms with Crippen LogP contribution in [0, 0.1) is 0 Å². The standard InChI is InChI=1S/C11H30Si3.4CH4/c1-8-14(7,9-2)11-13(5,6)10-12(3)4;;;;/h12H,8-11H2,1-7H3;4*1H4. The van der Waals surface area contributed by atoms with Crippen LogP contribution in [0.1, 0.15) is 43.6 Å². The van der Waals surface area contributed by atoms with Crippen LogP contribution in [0.5, 0.6) is 0 Å². The first kappa shape index (κ1) is 31.2. The molecule has 0 saturated carbocycles. The lowest BCUT2D eigenvalue weighted by Crippen LogP contribution is -2.42. The second-order valence-corrected chi connectivity index (χ2v) is 21.7. The molecule has 0 radical (unpaired) electrons. The summed E-state index contributed by atoms with van der Waals surface area (Å²) in [6.07, 6.45) is 0. The first-order chi connectivity index (χ1) is 6.24. The van der Waals surface area contributed by atoms with Gasteiger partial charge in [-0.2, -0.15) is 0 Å². The van der Waals surface area contributed by atoms with Gasteiger partial charge in [0.05, 0.1) is 0 Å². The van der Waals surface area contributed by atoms with E-state index < -0.39 is 16.1 Å². The first-order valence-corrected chi connectivity index (χ1v) is 15.9. The predicted molar refractivity (Wildman–Crippen MR) is 105 cm³/mol. The third-order valence-electron chi connectivity index (χ3n) is 3.57. The summed E-state index contributed by atoms with van der Waals surface area (Å²) < 4.78 is 0. The van der Waals surface area contributed by atoms with Crippen LogP contribution < -0.4 is 0 Å². The Labute approximate surface area is 125 Å². The van der Waals surface area contributed by atoms with E-state index in [4.69, 9.17) is 0 Å². The van der Waals surface area contributed by atoms with Gasteiger partial charge in [-0.3, -0.25) is 0 Å². The van der Waals surface area contributed by atoms with Crippen molar-refractivity contribution < 1.29 is 0 Å². The van der Waals surface area contributed by atoms with Crippen molar-refractivity contribution in [1.82, 2.24) is 0 Å². The van der Waals surface area contributed by atoms with Gasteiger partial charge in [-0.05, 0) is 0 Å². The maximum atomic E-state index is 2.64. The van der Waals surface area contributed by atoms with Crippen LogP contribution in [0.3, 0.4) is 0 Å². The summed E-state index contributed by atoms with van der Waals surface area (Å²) in [6, 6.07) is 3.00. The van der Waals surface area contributed by atoms with Crippen molar-refractivity contribution in [2.75, 3.05) is 0 Å². The van der Waals surface area contributed by atoms with E-state index in [1.807, 2.05) is 0 Å². The molecule has 0 N–H and O–H groups in total. The third-order valence-corrected chi connectivity index (χ3v) is 21.9. The molecule has 0 aromatic heterocycles. The molecule has 0 heterocycles. The average Bonchev–Trinajstić information content (AvgIpc) is 2.01. The van der Waals surface area contributed by atoms with Gasteiger partial charge in [0.2, 0.25) is 0 Å². The largest absolute Gasteiger partial charge is 0.0776 e. The summed E-state index contributed by atoms with van der Waals surface area (Å²) >= 11 is 0. The Morgan fingerprint density at radius 3 is 1.33 bits per heavy atom. The molecule has 0 rings (SSSR count). The van der Waals surface area contributed by atoms with Crippen molar-refractivity contribution in [1.29, 1.82) is 0 Å². The molecule has 0 saturated heterocycles. The monoisotopic (exact) mass is 310 g/mol. The van der Waals surface area contributed by atoms with Crippen LogP contribution in [0.15, 0.2) is 0 Å². The van der Waals surface area contributed by atoms with E-state index in [1.165, 1.54) is 12.1 Å². The molecule has 3 heteroatoms. The summed E-state index contributed by atoms with van der Waals surface area (Å²) in [5.41, 5.74) is 3.34. The van der Waals surface area contributed by atoms with Crippen molar-refractivity contribution in [3.8, 4) is 0 Å². The van der Waals surface area contributed by atoms with Crippen molar-refractivity contribution in [3.63, 3.8) is 0 Å². The van der Waals surface area contributed by atoms with Gasteiger partial charge in [0.25, 0.3) is 0 Å². The van der Waals surface area contributed by atoms with Crippen LogP contribution in [0.25, 0.3) is 0 Å². The molecule has 0 spiro atoms. The first-order valence-electron chi connectivity index (χ1n) is 6.24. The highest BCUT2D eigenvalue weighted by atomic mass is 28.4. The highest BCUT2D eigenvalue weighted by molar-refractivity contribution is 6.99. The number of hydrogen-bond acceptors (Lipinski definition) is 0. The van der Waals surface area contributed by atoms with E-state index in [0.29, 0.717) is 0 Å². The van der Waals surface area contributed by atoms with Crippen molar-refractivity contribution in [2.24, 2.45) is 0 Å². The van der Waals surface area contributed by atoms with Crippen molar-refractivity contribution in [2.45, 2.75) is 99.7 Å². The molecule has 0 aliphatic heterocycles. The zero-order valence-corrected chi connectivity index (χ0v) is 14.6. The second-order valence-electron chi connectivity index (χ2n) is 6.46. The van der Waals surface area contributed by atoms with Gasteiger partial charge in [0.15, 0.2) is 0 Å². The van der Waals surface area contributed by atoms with Crippen molar-refractivity contribution >= 4 is 24.9 Å². The Morgan fingerprint density at radius 1 is 0.778 bits per heavy atom. The molecular weight excluding hydrogens is 264 g/mol. The van der Waals surface area contributed by atoms with Gasteiger partial charge in [0.1, 0.15) is 0 Å². The predicted octanol–water partition coefficient (Wildman–Crippen LogP) is 6.92. The van der Waals surface area contributed by atoms with E-state index in [1.54, 1.807) is 11.3 Å². The third kappa shape index (κ3) is 13.1. The van der Waals surface area contributed by atoms with Gasteiger partial charge >= 0.3 is 0 Å². The van der Waals surface area contributed by atoms with E-state index in [0.717, 1.165) is 0 Å². The topological polar surface area (TPSA) is 0 Å². The minimum absolute atomic E-state index is 0. The fourth-order valence-electron chi connectivity index (χ4n) is 2.83. The summed E-state index contributed by atoms with van der Waals surface area (Å²) in [6.45, 7) is 17.8. The molecule has 0 atom stereocenters. The fourth-order valence-corrected chi connectivity index (χ4v) is 25.3. The van der Waals surface area contributed by atoms with Gasteiger partial charge in [0, 0.05) is 24.9 Å². The highest BCUT2D eigenvalue weighted by Gasteiger charge is 2.33. The zero-order valence-electron chi connectivity index (χ0n) is 11.4. The van der Waals surface area contributed by atoms with Crippen LogP contribution in [-0.4, -0.2) is 24.9 Å². The van der Waals surface area contributed by atoms with Crippen LogP contribution in [0.4, 0.5) is 0 Å². The molecule has 18 heavy (non-hydrogen) atoms. The lowest BCUT2D eigenvalue weighted by Gasteiger charge is -2.34. The Balaban J connectivity index is -0.000000141. The maximum Gasteiger partial charge on any atom is 0.0473 e. The maximum absolute atomic E-state index is 2.64. The molecular formula is C15H46Si3. The minimum Gasteiger partial charge on any atom is -0.0776 e. The van der Waals surface area contributed by atoms with Crippen LogP contribution in [-0.2, 0) is 0 Å². The fraction of sp³-hybridized carbons (Fsp3) is 1.00. The lowest BCUT2D eigenvalue weighted by atomic mass is 10.9. The number of hydrogen-bond donors (Lipinski definition) is 0. The summed E-state index contributed by atoms with van der Waals surface area (Å²) in [4.78, 5) is 0. The molecule has 0 bridgehead atoms. The molecule has 0 aliphatic carbocycles. The van der Waals surface area contributed by atoms with Crippen molar-refractivity contribution in [3.05, 3.63) is 0 Å². The number of rotatable bonds is 6. The van der Waals surface area contributed by atoms with Gasteiger partial charge in [-0.1, -0.05) is 99.7 Å². The molecule has 0 aromatic rings. The van der Waals surface area contributed by atoms with Crippen LogP contribution in [0.2, 0.25) is 56.2 Å². The summed E-state index contributed by atoms with van der Waals surface area (Å²) in [5, 5.41) is 0. The molecule has 0 aromatic carbocycles. The lowest BCUT2D eigenvalue weighted by molar-refractivity contribution is 1.22. The van der Waals surface area contributed by atoms with Gasteiger partial charge in [-0.25, -0.2) is 0 Å². The Kier molecular flexibility index (Phi) is 22.0. The highest BCUT2D eigenvalue weighted by Crippen LogP contribution is 2.29. The smallest absolute Gasteiger partial charge is 0.0473 e. The van der Waals surface area contributed by atoms with E-state index >= 15 is 0 Å². The molecule has 0 amide bonds. The summed E-state index contributed by atoms with van der Waals surface area (Å²) in [5.74, 6) is 0. The van der Waals surface area contributed by atoms with E-state index in [9.17, 15) is 0 Å².